The molecule has 106 valence electrons. The number of ether oxygens (including phenoxy) is 2. The first-order valence-electron chi connectivity index (χ1n) is 5.00. The molecule has 0 radical (unpaired) electrons. The molecular formula is C10H9BrF3NO4. The Kier molecular flexibility index (Phi) is 5.55. The van der Waals surface area contributed by atoms with Crippen molar-refractivity contribution in [2.45, 2.75) is 11.7 Å². The van der Waals surface area contributed by atoms with Gasteiger partial charge in [0.1, 0.15) is 6.61 Å². The highest BCUT2D eigenvalue weighted by Gasteiger charge is 2.28. The lowest BCUT2D eigenvalue weighted by Gasteiger charge is -2.09. The monoisotopic (exact) mass is 343 g/mol. The van der Waals surface area contributed by atoms with Crippen molar-refractivity contribution in [3.63, 3.8) is 0 Å². The van der Waals surface area contributed by atoms with Gasteiger partial charge in [-0.15, -0.1) is 13.2 Å². The maximum Gasteiger partial charge on any atom is 0.522 e. The third-order valence-corrected chi connectivity index (χ3v) is 2.63. The number of hydrogen-bond donors (Lipinski definition) is 0. The Balaban J connectivity index is 2.67. The summed E-state index contributed by atoms with van der Waals surface area (Å²) in [6.07, 6.45) is -4.74. The molecule has 0 atom stereocenters. The topological polar surface area (TPSA) is 61.6 Å². The van der Waals surface area contributed by atoms with E-state index in [-0.39, 0.29) is 11.4 Å². The molecule has 0 aliphatic heterocycles. The molecule has 19 heavy (non-hydrogen) atoms. The minimum atomic E-state index is -4.74. The first-order valence-corrected chi connectivity index (χ1v) is 6.12. The van der Waals surface area contributed by atoms with Crippen LogP contribution in [0.25, 0.3) is 0 Å². The highest BCUT2D eigenvalue weighted by molar-refractivity contribution is 9.08. The molecule has 5 nitrogen and oxygen atoms in total. The number of nitro benzene ring substituents is 1. The quantitative estimate of drug-likeness (QED) is 0.343. The maximum absolute atomic E-state index is 11.7. The second kappa shape index (κ2) is 6.71. The Bertz CT molecular complexity index is 453. The Labute approximate surface area is 114 Å². The summed E-state index contributed by atoms with van der Waals surface area (Å²) in [5.41, 5.74) is 0.397. The number of benzene rings is 1. The Morgan fingerprint density at radius 2 is 2.00 bits per heavy atom. The lowest BCUT2D eigenvalue weighted by Crippen LogP contribution is -2.18. The van der Waals surface area contributed by atoms with E-state index in [2.05, 4.69) is 20.7 Å². The number of rotatable bonds is 6. The number of halogens is 4. The molecule has 1 aromatic carbocycles. The van der Waals surface area contributed by atoms with Crippen molar-refractivity contribution in [1.29, 1.82) is 0 Å². The van der Waals surface area contributed by atoms with Gasteiger partial charge in [-0.25, -0.2) is 0 Å². The van der Waals surface area contributed by atoms with Crippen molar-refractivity contribution < 1.29 is 27.6 Å². The van der Waals surface area contributed by atoms with Gasteiger partial charge in [-0.3, -0.25) is 14.9 Å². The number of nitro groups is 1. The molecule has 0 aliphatic carbocycles. The summed E-state index contributed by atoms with van der Waals surface area (Å²) >= 11 is 3.16. The molecule has 0 N–H and O–H groups in total. The molecule has 0 spiro atoms. The fourth-order valence-electron chi connectivity index (χ4n) is 1.22. The molecule has 0 heterocycles. The van der Waals surface area contributed by atoms with Crippen LogP contribution in [0.3, 0.4) is 0 Å². The highest BCUT2D eigenvalue weighted by Crippen LogP contribution is 2.28. The number of alkyl halides is 4. The van der Waals surface area contributed by atoms with E-state index in [9.17, 15) is 23.3 Å². The number of nitrogens with zero attached hydrogens (tertiary/aromatic N) is 1. The molecule has 0 fully saturated rings. The summed E-state index contributed by atoms with van der Waals surface area (Å²) in [6.45, 7) is -1.18. The normalized spacial score (nSPS) is 11.4. The maximum atomic E-state index is 11.7. The SMILES string of the molecule is O=[N+]([O-])c1ccc(CBr)cc1OCCOC(F)(F)F. The van der Waals surface area contributed by atoms with Crippen molar-refractivity contribution in [2.75, 3.05) is 13.2 Å². The summed E-state index contributed by atoms with van der Waals surface area (Å²) in [5, 5.41) is 11.2. The fourth-order valence-corrected chi connectivity index (χ4v) is 1.57. The molecule has 0 aromatic heterocycles. The number of hydrogen-bond acceptors (Lipinski definition) is 4. The first kappa shape index (κ1) is 15.7. The van der Waals surface area contributed by atoms with Gasteiger partial charge in [0, 0.05) is 11.4 Å². The van der Waals surface area contributed by atoms with Gasteiger partial charge in [-0.2, -0.15) is 0 Å². The van der Waals surface area contributed by atoms with E-state index < -0.39 is 24.5 Å². The summed E-state index contributed by atoms with van der Waals surface area (Å²) in [4.78, 5) is 10.0. The van der Waals surface area contributed by atoms with E-state index in [0.717, 1.165) is 0 Å². The average Bonchev–Trinajstić information content (AvgIpc) is 2.33. The van der Waals surface area contributed by atoms with Crippen LogP contribution in [0.15, 0.2) is 18.2 Å². The Morgan fingerprint density at radius 1 is 1.32 bits per heavy atom. The van der Waals surface area contributed by atoms with Crippen LogP contribution in [0.2, 0.25) is 0 Å². The van der Waals surface area contributed by atoms with E-state index in [1.165, 1.54) is 18.2 Å². The van der Waals surface area contributed by atoms with E-state index >= 15 is 0 Å². The molecule has 0 unspecified atom stereocenters. The van der Waals surface area contributed by atoms with Crippen LogP contribution in [0.4, 0.5) is 18.9 Å². The second-order valence-corrected chi connectivity index (χ2v) is 3.90. The molecule has 0 saturated heterocycles. The lowest BCUT2D eigenvalue weighted by atomic mass is 10.2. The zero-order valence-electron chi connectivity index (χ0n) is 9.45. The average molecular weight is 344 g/mol. The molecule has 1 rings (SSSR count). The van der Waals surface area contributed by atoms with Gasteiger partial charge in [0.05, 0.1) is 11.5 Å². The van der Waals surface area contributed by atoms with Crippen LogP contribution in [0, 0.1) is 10.1 Å². The van der Waals surface area contributed by atoms with Crippen molar-refractivity contribution in [1.82, 2.24) is 0 Å². The van der Waals surface area contributed by atoms with E-state index in [0.29, 0.717) is 10.9 Å². The van der Waals surface area contributed by atoms with E-state index in [1.807, 2.05) is 0 Å². The van der Waals surface area contributed by atoms with Crippen LogP contribution < -0.4 is 4.74 Å². The van der Waals surface area contributed by atoms with Gasteiger partial charge in [0.25, 0.3) is 0 Å². The van der Waals surface area contributed by atoms with Crippen molar-refractivity contribution in [3.8, 4) is 5.75 Å². The Hall–Kier alpha value is -1.35. The summed E-state index contributed by atoms with van der Waals surface area (Å²) in [7, 11) is 0. The van der Waals surface area contributed by atoms with Gasteiger partial charge >= 0.3 is 12.0 Å². The fraction of sp³-hybridized carbons (Fsp3) is 0.400. The summed E-state index contributed by atoms with van der Waals surface area (Å²) < 4.78 is 43.6. The predicted molar refractivity (Wildman–Crippen MR) is 63.2 cm³/mol. The first-order chi connectivity index (χ1) is 8.83. The lowest BCUT2D eigenvalue weighted by molar-refractivity contribution is -0.386. The minimum Gasteiger partial charge on any atom is -0.484 e. The minimum absolute atomic E-state index is 0.0901. The highest BCUT2D eigenvalue weighted by atomic mass is 79.9. The molecule has 1 aromatic rings. The third kappa shape index (κ3) is 5.43. The van der Waals surface area contributed by atoms with Gasteiger partial charge in [0.15, 0.2) is 5.75 Å². The Morgan fingerprint density at radius 3 is 2.53 bits per heavy atom. The van der Waals surface area contributed by atoms with Crippen LogP contribution >= 0.6 is 15.9 Å². The van der Waals surface area contributed by atoms with Crippen LogP contribution in [-0.2, 0) is 10.1 Å². The summed E-state index contributed by atoms with van der Waals surface area (Å²) in [6, 6.07) is 4.14. The molecule has 9 heteroatoms. The van der Waals surface area contributed by atoms with E-state index in [1.54, 1.807) is 0 Å². The van der Waals surface area contributed by atoms with E-state index in [4.69, 9.17) is 4.74 Å². The van der Waals surface area contributed by atoms with Crippen LogP contribution in [-0.4, -0.2) is 24.5 Å². The zero-order chi connectivity index (χ0) is 14.5. The van der Waals surface area contributed by atoms with Crippen molar-refractivity contribution in [2.24, 2.45) is 0 Å². The van der Waals surface area contributed by atoms with Gasteiger partial charge in [-0.1, -0.05) is 22.0 Å². The van der Waals surface area contributed by atoms with Crippen LogP contribution in [0.1, 0.15) is 5.56 Å². The summed E-state index contributed by atoms with van der Waals surface area (Å²) in [5.74, 6) is -0.0901. The second-order valence-electron chi connectivity index (χ2n) is 3.34. The standard InChI is InChI=1S/C10H9BrF3NO4/c11-6-7-1-2-8(15(16)17)9(5-7)18-3-4-19-10(12,13)14/h1-2,5H,3-4,6H2. The van der Waals surface area contributed by atoms with Crippen LogP contribution in [0.5, 0.6) is 5.75 Å². The van der Waals surface area contributed by atoms with Gasteiger partial charge < -0.3 is 4.74 Å². The predicted octanol–water partition coefficient (Wildman–Crippen LogP) is 3.40. The van der Waals surface area contributed by atoms with Crippen molar-refractivity contribution >= 4 is 21.6 Å². The van der Waals surface area contributed by atoms with Crippen molar-refractivity contribution in [3.05, 3.63) is 33.9 Å². The molecule has 0 saturated carbocycles. The van der Waals surface area contributed by atoms with Gasteiger partial charge in [-0.05, 0) is 11.6 Å². The smallest absolute Gasteiger partial charge is 0.484 e. The largest absolute Gasteiger partial charge is 0.522 e. The molecular weight excluding hydrogens is 335 g/mol. The third-order valence-electron chi connectivity index (χ3n) is 1.98. The molecule has 0 aliphatic rings. The molecule has 0 amide bonds. The molecule has 0 bridgehead atoms. The zero-order valence-corrected chi connectivity index (χ0v) is 11.0. The van der Waals surface area contributed by atoms with Gasteiger partial charge in [0.2, 0.25) is 0 Å².